The highest BCUT2D eigenvalue weighted by molar-refractivity contribution is 8.13. The standard InChI is InChI=1S/C2H3O3S2/c1-7(4,5)2-6-3/h2H,1H2. The van der Waals surface area contributed by atoms with Crippen molar-refractivity contribution in [3.63, 3.8) is 0 Å². The second kappa shape index (κ2) is 2.23. The summed E-state index contributed by atoms with van der Waals surface area (Å²) in [6.45, 7) is 0. The molecule has 0 aliphatic rings. The van der Waals surface area contributed by atoms with Crippen LogP contribution in [0.15, 0.2) is 0 Å². The average Bonchev–Trinajstić information content (AvgIpc) is 1.30. The van der Waals surface area contributed by atoms with E-state index < -0.39 is 9.84 Å². The molecule has 0 aromatic heterocycles. The van der Waals surface area contributed by atoms with E-state index in [0.29, 0.717) is 4.70 Å². The lowest BCUT2D eigenvalue weighted by Crippen LogP contribution is -1.90. The Kier molecular flexibility index (Phi) is 2.17. The fourth-order valence-electron chi connectivity index (χ4n) is 0.0599. The molecule has 0 spiro atoms. The van der Waals surface area contributed by atoms with Crippen LogP contribution in [0.4, 0.5) is 0 Å². The van der Waals surface area contributed by atoms with Gasteiger partial charge in [-0.05, 0) is 0 Å². The molecule has 0 amide bonds. The molecular formula is C2H3O3S2. The van der Waals surface area contributed by atoms with Crippen LogP contribution in [0.5, 0.6) is 0 Å². The molecule has 1 radical (unpaired) electrons. The second-order valence-corrected chi connectivity index (χ2v) is 3.14. The summed E-state index contributed by atoms with van der Waals surface area (Å²) in [5, 5.41) is 0. The SMILES string of the molecule is [CH2]S(=O)(=O)C=S=O. The van der Waals surface area contributed by atoms with Crippen molar-refractivity contribution in [1.29, 1.82) is 0 Å². The summed E-state index contributed by atoms with van der Waals surface area (Å²) in [6.07, 6.45) is 2.66. The van der Waals surface area contributed by atoms with E-state index in [9.17, 15) is 12.6 Å². The third-order valence-corrected chi connectivity index (χ3v) is 1.67. The fourth-order valence-corrected chi connectivity index (χ4v) is 0.539. The van der Waals surface area contributed by atoms with Crippen LogP contribution < -0.4 is 0 Å². The fraction of sp³-hybridized carbons (Fsp3) is 0. The van der Waals surface area contributed by atoms with E-state index in [4.69, 9.17) is 0 Å². The molecule has 0 aromatic carbocycles. The first-order valence-corrected chi connectivity index (χ1v) is 3.78. The highest BCUT2D eigenvalue weighted by atomic mass is 32.2. The zero-order valence-electron chi connectivity index (χ0n) is 3.33. The van der Waals surface area contributed by atoms with E-state index in [1.807, 2.05) is 0 Å². The molecule has 0 atom stereocenters. The highest BCUT2D eigenvalue weighted by Gasteiger charge is 1.90. The molecule has 0 aliphatic heterocycles. The minimum absolute atomic E-state index is 0.117. The lowest BCUT2D eigenvalue weighted by molar-refractivity contribution is 0.616. The summed E-state index contributed by atoms with van der Waals surface area (Å²) in [5.74, 6) is 0. The molecule has 7 heavy (non-hydrogen) atoms. The van der Waals surface area contributed by atoms with Gasteiger partial charge in [0.15, 0.2) is 9.84 Å². The van der Waals surface area contributed by atoms with Crippen LogP contribution in [0.3, 0.4) is 0 Å². The topological polar surface area (TPSA) is 51.2 Å². The van der Waals surface area contributed by atoms with E-state index >= 15 is 0 Å². The van der Waals surface area contributed by atoms with Crippen LogP contribution in [-0.4, -0.2) is 17.3 Å². The van der Waals surface area contributed by atoms with Gasteiger partial charge in [0, 0.05) is 0 Å². The van der Waals surface area contributed by atoms with Crippen molar-refractivity contribution in [2.24, 2.45) is 0 Å². The largest absolute Gasteiger partial charge is 0.223 e. The summed E-state index contributed by atoms with van der Waals surface area (Å²) < 4.78 is 29.6. The predicted molar refractivity (Wildman–Crippen MR) is 28.5 cm³/mol. The molecule has 0 rings (SSSR count). The molecule has 0 fully saturated rings. The van der Waals surface area contributed by atoms with Crippen LogP contribution in [0, 0.1) is 6.26 Å². The van der Waals surface area contributed by atoms with Crippen molar-refractivity contribution >= 4 is 25.8 Å². The summed E-state index contributed by atoms with van der Waals surface area (Å²) in [7, 11) is -3.40. The van der Waals surface area contributed by atoms with Crippen molar-refractivity contribution in [3.8, 4) is 0 Å². The Morgan fingerprint density at radius 1 is 1.57 bits per heavy atom. The minimum Gasteiger partial charge on any atom is -0.223 e. The van der Waals surface area contributed by atoms with E-state index in [0.717, 1.165) is 0 Å². The third-order valence-electron chi connectivity index (χ3n) is 0.186. The Bertz CT molecular complexity index is 183. The Balaban J connectivity index is 4.44. The Hall–Kier alpha value is -0.160. The quantitative estimate of drug-likeness (QED) is 0.445. The second-order valence-electron chi connectivity index (χ2n) is 0.855. The molecule has 0 aromatic rings. The van der Waals surface area contributed by atoms with Crippen molar-refractivity contribution in [1.82, 2.24) is 0 Å². The van der Waals surface area contributed by atoms with Gasteiger partial charge in [0.1, 0.15) is 16.0 Å². The normalized spacial score (nSPS) is 10.4. The van der Waals surface area contributed by atoms with Crippen molar-refractivity contribution in [2.45, 2.75) is 0 Å². The van der Waals surface area contributed by atoms with Gasteiger partial charge in [-0.1, -0.05) is 0 Å². The van der Waals surface area contributed by atoms with Gasteiger partial charge >= 0.3 is 0 Å². The first-order valence-electron chi connectivity index (χ1n) is 1.26. The average molecular weight is 139 g/mol. The molecule has 0 unspecified atom stereocenters. The number of hydrogen-bond donors (Lipinski definition) is 0. The molecule has 0 bridgehead atoms. The number of sulfone groups is 1. The number of rotatable bonds is 1. The Morgan fingerprint density at radius 2 is 2.00 bits per heavy atom. The molecule has 0 saturated carbocycles. The molecule has 0 N–H and O–H groups in total. The summed E-state index contributed by atoms with van der Waals surface area (Å²) in [6, 6.07) is 0. The molecule has 0 aliphatic carbocycles. The molecular weight excluding hydrogens is 136 g/mol. The lowest BCUT2D eigenvalue weighted by atomic mass is 11.9. The molecule has 5 heteroatoms. The summed E-state index contributed by atoms with van der Waals surface area (Å²) in [4.78, 5) is 0. The van der Waals surface area contributed by atoms with E-state index in [1.54, 1.807) is 0 Å². The maximum absolute atomic E-state index is 9.84. The van der Waals surface area contributed by atoms with Crippen LogP contribution >= 0.6 is 0 Å². The van der Waals surface area contributed by atoms with Gasteiger partial charge in [0.05, 0.1) is 6.26 Å². The van der Waals surface area contributed by atoms with Gasteiger partial charge < -0.3 is 0 Å². The Morgan fingerprint density at radius 3 is 2.00 bits per heavy atom. The maximum atomic E-state index is 9.84. The van der Waals surface area contributed by atoms with Gasteiger partial charge in [-0.25, -0.2) is 12.6 Å². The van der Waals surface area contributed by atoms with Crippen LogP contribution in [-0.2, 0) is 21.1 Å². The van der Waals surface area contributed by atoms with E-state index in [1.165, 1.54) is 0 Å². The van der Waals surface area contributed by atoms with Crippen molar-refractivity contribution < 1.29 is 12.6 Å². The summed E-state index contributed by atoms with van der Waals surface area (Å²) in [5.41, 5.74) is 0. The predicted octanol–water partition coefficient (Wildman–Crippen LogP) is -0.835. The van der Waals surface area contributed by atoms with Crippen LogP contribution in [0.2, 0.25) is 0 Å². The van der Waals surface area contributed by atoms with E-state index in [-0.39, 0.29) is 11.3 Å². The zero-order valence-corrected chi connectivity index (χ0v) is 4.96. The monoisotopic (exact) mass is 139 g/mol. The Labute approximate surface area is 45.3 Å². The molecule has 41 valence electrons. The van der Waals surface area contributed by atoms with Gasteiger partial charge in [0.25, 0.3) is 0 Å². The highest BCUT2D eigenvalue weighted by Crippen LogP contribution is 1.71. The third kappa shape index (κ3) is 5.84. The van der Waals surface area contributed by atoms with Gasteiger partial charge in [0.2, 0.25) is 0 Å². The van der Waals surface area contributed by atoms with Gasteiger partial charge in [-0.15, -0.1) is 0 Å². The smallest absolute Gasteiger partial charge is 0.185 e. The number of hydrogen-bond acceptors (Lipinski definition) is 3. The van der Waals surface area contributed by atoms with Crippen molar-refractivity contribution in [2.75, 3.05) is 0 Å². The minimum atomic E-state index is -3.40. The first-order chi connectivity index (χ1) is 3.06. The van der Waals surface area contributed by atoms with Crippen LogP contribution in [0.25, 0.3) is 0 Å². The van der Waals surface area contributed by atoms with E-state index in [2.05, 4.69) is 6.26 Å². The molecule has 0 heterocycles. The molecule has 0 saturated heterocycles. The van der Waals surface area contributed by atoms with Gasteiger partial charge in [-0.3, -0.25) is 0 Å². The van der Waals surface area contributed by atoms with Crippen LogP contribution in [0.1, 0.15) is 0 Å². The maximum Gasteiger partial charge on any atom is 0.185 e. The summed E-state index contributed by atoms with van der Waals surface area (Å²) >= 11 is -0.117. The molecule has 3 nitrogen and oxygen atoms in total. The van der Waals surface area contributed by atoms with Gasteiger partial charge in [-0.2, -0.15) is 0 Å². The zero-order chi connectivity index (χ0) is 5.91. The van der Waals surface area contributed by atoms with Crippen molar-refractivity contribution in [3.05, 3.63) is 6.26 Å². The lowest BCUT2D eigenvalue weighted by Gasteiger charge is -1.71. The first kappa shape index (κ1) is 6.84.